The highest BCUT2D eigenvalue weighted by Gasteiger charge is 2.22. The molecular weight excluding hydrogens is 288 g/mol. The maximum absolute atomic E-state index is 12.4. The van der Waals surface area contributed by atoms with Crippen molar-refractivity contribution in [2.75, 3.05) is 10.6 Å². The fraction of sp³-hybridized carbons (Fsp3) is 0.389. The van der Waals surface area contributed by atoms with Crippen molar-refractivity contribution in [1.29, 1.82) is 0 Å². The zero-order chi connectivity index (χ0) is 16.4. The van der Waals surface area contributed by atoms with Crippen molar-refractivity contribution in [3.8, 4) is 0 Å². The van der Waals surface area contributed by atoms with Gasteiger partial charge in [0.2, 0.25) is 0 Å². The maximum atomic E-state index is 12.4. The molecular formula is C18H22N4O. The Labute approximate surface area is 136 Å². The number of carbonyl (C=O) groups excluding carboxylic acids is 1. The van der Waals surface area contributed by atoms with Crippen LogP contribution in [0.5, 0.6) is 0 Å². The summed E-state index contributed by atoms with van der Waals surface area (Å²) in [6.45, 7) is 6.36. The Kier molecular flexibility index (Phi) is 4.03. The van der Waals surface area contributed by atoms with Crippen LogP contribution in [0.1, 0.15) is 49.7 Å². The number of hydrogen-bond acceptors (Lipinski definition) is 4. The van der Waals surface area contributed by atoms with Gasteiger partial charge in [-0.2, -0.15) is 0 Å². The van der Waals surface area contributed by atoms with Crippen molar-refractivity contribution in [3.05, 3.63) is 47.9 Å². The Hall–Kier alpha value is -2.43. The van der Waals surface area contributed by atoms with Crippen LogP contribution in [0.15, 0.2) is 36.7 Å². The molecule has 0 spiro atoms. The number of nitrogens with zero attached hydrogens (tertiary/aromatic N) is 2. The second kappa shape index (κ2) is 5.99. The van der Waals surface area contributed by atoms with Crippen molar-refractivity contribution in [2.24, 2.45) is 0 Å². The third kappa shape index (κ3) is 3.86. The lowest BCUT2D eigenvalue weighted by molar-refractivity contribution is 0.102. The van der Waals surface area contributed by atoms with E-state index < -0.39 is 0 Å². The van der Waals surface area contributed by atoms with Gasteiger partial charge in [-0.15, -0.1) is 0 Å². The van der Waals surface area contributed by atoms with E-state index in [9.17, 15) is 4.79 Å². The fourth-order valence-corrected chi connectivity index (χ4v) is 2.39. The molecule has 0 atom stereocenters. The van der Waals surface area contributed by atoms with Gasteiger partial charge in [0.05, 0.1) is 12.4 Å². The first-order valence-corrected chi connectivity index (χ1v) is 7.93. The minimum atomic E-state index is -0.243. The van der Waals surface area contributed by atoms with Gasteiger partial charge in [-0.05, 0) is 29.9 Å². The van der Waals surface area contributed by atoms with Crippen LogP contribution in [0.4, 0.5) is 11.5 Å². The quantitative estimate of drug-likeness (QED) is 0.905. The summed E-state index contributed by atoms with van der Waals surface area (Å²) in [6.07, 6.45) is 5.48. The van der Waals surface area contributed by atoms with Crippen molar-refractivity contribution >= 4 is 17.4 Å². The maximum Gasteiger partial charge on any atom is 0.275 e. The minimum absolute atomic E-state index is 0.0480. The van der Waals surface area contributed by atoms with Crippen LogP contribution in [0.25, 0.3) is 0 Å². The normalized spacial score (nSPS) is 14.4. The molecule has 1 saturated carbocycles. The first kappa shape index (κ1) is 15.5. The molecule has 1 fully saturated rings. The lowest BCUT2D eigenvalue weighted by atomic mass is 9.86. The molecule has 23 heavy (non-hydrogen) atoms. The summed E-state index contributed by atoms with van der Waals surface area (Å²) in [5, 5.41) is 6.20. The highest BCUT2D eigenvalue weighted by Crippen LogP contribution is 2.29. The van der Waals surface area contributed by atoms with E-state index >= 15 is 0 Å². The van der Waals surface area contributed by atoms with Crippen LogP contribution in [0.3, 0.4) is 0 Å². The molecule has 5 nitrogen and oxygen atoms in total. The van der Waals surface area contributed by atoms with Crippen LogP contribution < -0.4 is 10.6 Å². The minimum Gasteiger partial charge on any atom is -0.366 e. The van der Waals surface area contributed by atoms with Gasteiger partial charge in [0.1, 0.15) is 11.5 Å². The van der Waals surface area contributed by atoms with Gasteiger partial charge in [-0.3, -0.25) is 4.79 Å². The molecule has 1 heterocycles. The SMILES string of the molecule is CC(C)(C)c1ccccc1NC(=O)c1cnc(NC2CC2)cn1. The first-order chi connectivity index (χ1) is 10.9. The Morgan fingerprint density at radius 3 is 2.48 bits per heavy atom. The standard InChI is InChI=1S/C18H22N4O/c1-18(2,3)13-6-4-5-7-14(13)22-17(23)15-10-20-16(11-19-15)21-12-8-9-12/h4-7,10-12H,8-9H2,1-3H3,(H,20,21)(H,22,23). The summed E-state index contributed by atoms with van der Waals surface area (Å²) < 4.78 is 0. The molecule has 120 valence electrons. The van der Waals surface area contributed by atoms with Gasteiger partial charge in [0.15, 0.2) is 0 Å². The van der Waals surface area contributed by atoms with E-state index in [2.05, 4.69) is 41.4 Å². The summed E-state index contributed by atoms with van der Waals surface area (Å²) in [6, 6.07) is 8.36. The number of hydrogen-bond donors (Lipinski definition) is 2. The third-order valence-electron chi connectivity index (χ3n) is 3.80. The zero-order valence-electron chi connectivity index (χ0n) is 13.8. The Bertz CT molecular complexity index is 700. The molecule has 1 amide bonds. The molecule has 1 aliphatic rings. The second-order valence-corrected chi connectivity index (χ2v) is 6.96. The number of rotatable bonds is 4. The lowest BCUT2D eigenvalue weighted by Gasteiger charge is -2.22. The van der Waals surface area contributed by atoms with Gasteiger partial charge in [-0.25, -0.2) is 9.97 Å². The largest absolute Gasteiger partial charge is 0.366 e. The van der Waals surface area contributed by atoms with Crippen LogP contribution in [0, 0.1) is 0 Å². The smallest absolute Gasteiger partial charge is 0.275 e. The predicted molar refractivity (Wildman–Crippen MR) is 91.8 cm³/mol. The van der Waals surface area contributed by atoms with E-state index in [1.165, 1.54) is 19.0 Å². The van der Waals surface area contributed by atoms with Gasteiger partial charge < -0.3 is 10.6 Å². The summed E-state index contributed by atoms with van der Waals surface area (Å²) >= 11 is 0. The van der Waals surface area contributed by atoms with Gasteiger partial charge >= 0.3 is 0 Å². The second-order valence-electron chi connectivity index (χ2n) is 6.96. The highest BCUT2D eigenvalue weighted by molar-refractivity contribution is 6.03. The molecule has 1 aliphatic carbocycles. The third-order valence-corrected chi connectivity index (χ3v) is 3.80. The molecule has 2 N–H and O–H groups in total. The van der Waals surface area contributed by atoms with Crippen LogP contribution in [-0.2, 0) is 5.41 Å². The van der Waals surface area contributed by atoms with E-state index in [4.69, 9.17) is 0 Å². The molecule has 2 aromatic rings. The molecule has 1 aromatic heterocycles. The Balaban J connectivity index is 1.74. The average Bonchev–Trinajstić information content (AvgIpc) is 3.31. The van der Waals surface area contributed by atoms with Gasteiger partial charge in [0.25, 0.3) is 5.91 Å². The van der Waals surface area contributed by atoms with Crippen LogP contribution >= 0.6 is 0 Å². The van der Waals surface area contributed by atoms with Crippen molar-refractivity contribution in [3.63, 3.8) is 0 Å². The van der Waals surface area contributed by atoms with Gasteiger partial charge in [-0.1, -0.05) is 39.0 Å². The predicted octanol–water partition coefficient (Wildman–Crippen LogP) is 3.60. The van der Waals surface area contributed by atoms with E-state index in [0.717, 1.165) is 17.1 Å². The topological polar surface area (TPSA) is 66.9 Å². The average molecular weight is 310 g/mol. The number of para-hydroxylation sites is 1. The Morgan fingerprint density at radius 2 is 1.87 bits per heavy atom. The monoisotopic (exact) mass is 310 g/mol. The lowest BCUT2D eigenvalue weighted by Crippen LogP contribution is -2.19. The van der Waals surface area contributed by atoms with Crippen LogP contribution in [0.2, 0.25) is 0 Å². The first-order valence-electron chi connectivity index (χ1n) is 7.93. The number of carbonyl (C=O) groups is 1. The molecule has 5 heteroatoms. The van der Waals surface area contributed by atoms with Gasteiger partial charge in [0, 0.05) is 11.7 Å². The number of anilines is 2. The molecule has 0 saturated heterocycles. The number of benzene rings is 1. The van der Waals surface area contributed by atoms with E-state index in [-0.39, 0.29) is 11.3 Å². The molecule has 3 rings (SSSR count). The molecule has 0 radical (unpaired) electrons. The zero-order valence-corrected chi connectivity index (χ0v) is 13.8. The van der Waals surface area contributed by atoms with E-state index in [1.54, 1.807) is 6.20 Å². The number of amides is 1. The summed E-state index contributed by atoms with van der Waals surface area (Å²) in [5.74, 6) is 0.478. The molecule has 1 aromatic carbocycles. The number of nitrogens with one attached hydrogen (secondary N) is 2. The van der Waals surface area contributed by atoms with E-state index in [0.29, 0.717) is 11.7 Å². The van der Waals surface area contributed by atoms with E-state index in [1.807, 2.05) is 24.3 Å². The summed E-state index contributed by atoms with van der Waals surface area (Å²) in [5.41, 5.74) is 2.17. The number of aromatic nitrogens is 2. The molecule has 0 unspecified atom stereocenters. The van der Waals surface area contributed by atoms with Crippen molar-refractivity contribution in [2.45, 2.75) is 45.1 Å². The molecule has 0 bridgehead atoms. The van der Waals surface area contributed by atoms with Crippen molar-refractivity contribution in [1.82, 2.24) is 9.97 Å². The van der Waals surface area contributed by atoms with Crippen LogP contribution in [-0.4, -0.2) is 21.9 Å². The molecule has 0 aliphatic heterocycles. The fourth-order valence-electron chi connectivity index (χ4n) is 2.39. The Morgan fingerprint density at radius 1 is 1.13 bits per heavy atom. The van der Waals surface area contributed by atoms with Crippen molar-refractivity contribution < 1.29 is 4.79 Å². The summed E-state index contributed by atoms with van der Waals surface area (Å²) in [4.78, 5) is 20.9. The summed E-state index contributed by atoms with van der Waals surface area (Å²) in [7, 11) is 0. The highest BCUT2D eigenvalue weighted by atomic mass is 16.1.